The van der Waals surface area contributed by atoms with Crippen molar-refractivity contribution in [2.45, 2.75) is 24.8 Å². The molecule has 0 atom stereocenters. The number of nitrogens with zero attached hydrogens (tertiary/aromatic N) is 3. The second-order valence-corrected chi connectivity index (χ2v) is 7.46. The predicted molar refractivity (Wildman–Crippen MR) is 111 cm³/mol. The van der Waals surface area contributed by atoms with Crippen LogP contribution in [-0.4, -0.2) is 14.5 Å². The summed E-state index contributed by atoms with van der Waals surface area (Å²) in [6, 6.07) is 19.7. The summed E-state index contributed by atoms with van der Waals surface area (Å²) in [6.07, 6.45) is 1.77. The van der Waals surface area contributed by atoms with Crippen molar-refractivity contribution in [3.8, 4) is 5.82 Å². The van der Waals surface area contributed by atoms with Crippen molar-refractivity contribution in [1.82, 2.24) is 14.5 Å². The number of fused-ring (bicyclic) bond motifs is 1. The first-order valence-corrected chi connectivity index (χ1v) is 9.73. The quantitative estimate of drug-likeness (QED) is 0.385. The third-order valence-corrected chi connectivity index (χ3v) is 5.37. The Morgan fingerprint density at radius 1 is 0.926 bits per heavy atom. The molecular formula is C22H19N3OS. The fraction of sp³-hybridized carbons (Fsp3) is 0.136. The molecule has 0 bridgehead atoms. The van der Waals surface area contributed by atoms with Crippen LogP contribution in [0.4, 0.5) is 0 Å². The Morgan fingerprint density at radius 3 is 2.41 bits per heavy atom. The lowest BCUT2D eigenvalue weighted by atomic mass is 10.2. The zero-order valence-corrected chi connectivity index (χ0v) is 16.0. The molecule has 27 heavy (non-hydrogen) atoms. The van der Waals surface area contributed by atoms with Gasteiger partial charge in [-0.1, -0.05) is 59.8 Å². The van der Waals surface area contributed by atoms with Gasteiger partial charge in [0.1, 0.15) is 5.82 Å². The molecule has 0 radical (unpaired) electrons. The number of aryl methyl sites for hydroxylation is 2. The maximum atomic E-state index is 13.2. The first-order valence-electron chi connectivity index (χ1n) is 8.75. The number of benzene rings is 2. The number of rotatable bonds is 4. The van der Waals surface area contributed by atoms with Crippen molar-refractivity contribution < 1.29 is 0 Å². The fourth-order valence-corrected chi connectivity index (χ4v) is 3.79. The minimum absolute atomic E-state index is 0.0941. The van der Waals surface area contributed by atoms with Crippen LogP contribution in [-0.2, 0) is 5.75 Å². The third kappa shape index (κ3) is 3.64. The van der Waals surface area contributed by atoms with Gasteiger partial charge in [-0.25, -0.2) is 14.5 Å². The van der Waals surface area contributed by atoms with Crippen LogP contribution in [0.2, 0.25) is 0 Å². The summed E-state index contributed by atoms with van der Waals surface area (Å²) < 4.78 is 1.61. The summed E-state index contributed by atoms with van der Waals surface area (Å²) in [5, 5.41) is 1.25. The van der Waals surface area contributed by atoms with Crippen LogP contribution in [0.1, 0.15) is 16.7 Å². The molecule has 0 saturated heterocycles. The normalized spacial score (nSPS) is 11.0. The van der Waals surface area contributed by atoms with Crippen LogP contribution < -0.4 is 5.56 Å². The van der Waals surface area contributed by atoms with E-state index in [1.807, 2.05) is 43.3 Å². The minimum atomic E-state index is -0.0941. The van der Waals surface area contributed by atoms with E-state index in [2.05, 4.69) is 36.2 Å². The van der Waals surface area contributed by atoms with E-state index in [4.69, 9.17) is 4.98 Å². The molecule has 4 rings (SSSR count). The highest BCUT2D eigenvalue weighted by Crippen LogP contribution is 2.24. The van der Waals surface area contributed by atoms with Crippen molar-refractivity contribution in [3.05, 3.63) is 93.9 Å². The predicted octanol–water partition coefficient (Wildman–Crippen LogP) is 4.69. The van der Waals surface area contributed by atoms with Gasteiger partial charge in [0.05, 0.1) is 10.9 Å². The molecular weight excluding hydrogens is 354 g/mol. The highest BCUT2D eigenvalue weighted by atomic mass is 32.2. The maximum absolute atomic E-state index is 13.2. The van der Waals surface area contributed by atoms with E-state index in [9.17, 15) is 4.79 Å². The summed E-state index contributed by atoms with van der Waals surface area (Å²) in [5.41, 5.74) is 4.08. The number of hydrogen-bond donors (Lipinski definition) is 0. The second-order valence-electron chi connectivity index (χ2n) is 6.52. The average Bonchev–Trinajstić information content (AvgIpc) is 2.69. The number of para-hydroxylation sites is 1. The second kappa shape index (κ2) is 7.37. The van der Waals surface area contributed by atoms with E-state index in [0.717, 1.165) is 11.3 Å². The van der Waals surface area contributed by atoms with E-state index >= 15 is 0 Å². The molecule has 4 nitrogen and oxygen atoms in total. The molecule has 2 aromatic heterocycles. The summed E-state index contributed by atoms with van der Waals surface area (Å²) in [5.74, 6) is 1.33. The summed E-state index contributed by atoms with van der Waals surface area (Å²) >= 11 is 1.55. The van der Waals surface area contributed by atoms with E-state index in [1.165, 1.54) is 11.1 Å². The van der Waals surface area contributed by atoms with E-state index in [1.54, 1.807) is 22.5 Å². The van der Waals surface area contributed by atoms with Gasteiger partial charge in [0.15, 0.2) is 5.16 Å². The molecule has 0 aliphatic heterocycles. The molecule has 5 heteroatoms. The van der Waals surface area contributed by atoms with Gasteiger partial charge in [-0.05, 0) is 43.2 Å². The van der Waals surface area contributed by atoms with E-state index < -0.39 is 0 Å². The van der Waals surface area contributed by atoms with Gasteiger partial charge in [-0.2, -0.15) is 0 Å². The Kier molecular flexibility index (Phi) is 4.77. The minimum Gasteiger partial charge on any atom is -0.268 e. The van der Waals surface area contributed by atoms with Crippen molar-refractivity contribution in [1.29, 1.82) is 0 Å². The first-order chi connectivity index (χ1) is 13.1. The van der Waals surface area contributed by atoms with Crippen LogP contribution in [0.15, 0.2) is 76.8 Å². The Balaban J connectivity index is 1.81. The SMILES string of the molecule is Cc1ccc(CSc2nc3ccccc3c(=O)n2-c2ccc(C)cn2)cc1. The van der Waals surface area contributed by atoms with Gasteiger partial charge in [0.25, 0.3) is 5.56 Å². The number of hydrogen-bond acceptors (Lipinski definition) is 4. The molecule has 0 fully saturated rings. The molecule has 0 unspecified atom stereocenters. The summed E-state index contributed by atoms with van der Waals surface area (Å²) in [4.78, 5) is 22.4. The molecule has 0 amide bonds. The first kappa shape index (κ1) is 17.5. The molecule has 2 heterocycles. The van der Waals surface area contributed by atoms with Crippen molar-refractivity contribution in [2.75, 3.05) is 0 Å². The highest BCUT2D eigenvalue weighted by molar-refractivity contribution is 7.98. The van der Waals surface area contributed by atoms with Crippen LogP contribution in [0.3, 0.4) is 0 Å². The molecule has 0 aliphatic rings. The lowest BCUT2D eigenvalue weighted by molar-refractivity contribution is 0.794. The molecule has 2 aromatic carbocycles. The molecule has 0 saturated carbocycles. The average molecular weight is 373 g/mol. The summed E-state index contributed by atoms with van der Waals surface area (Å²) in [7, 11) is 0. The van der Waals surface area contributed by atoms with Gasteiger partial charge < -0.3 is 0 Å². The highest BCUT2D eigenvalue weighted by Gasteiger charge is 2.14. The summed E-state index contributed by atoms with van der Waals surface area (Å²) in [6.45, 7) is 4.05. The lowest BCUT2D eigenvalue weighted by Gasteiger charge is -2.12. The van der Waals surface area contributed by atoms with Crippen molar-refractivity contribution in [3.63, 3.8) is 0 Å². The Labute approximate surface area is 161 Å². The third-order valence-electron chi connectivity index (χ3n) is 4.36. The van der Waals surface area contributed by atoms with Gasteiger partial charge in [0.2, 0.25) is 0 Å². The van der Waals surface area contributed by atoms with Crippen LogP contribution in [0.5, 0.6) is 0 Å². The van der Waals surface area contributed by atoms with Crippen LogP contribution >= 0.6 is 11.8 Å². The van der Waals surface area contributed by atoms with Gasteiger partial charge in [0, 0.05) is 11.9 Å². The van der Waals surface area contributed by atoms with Crippen LogP contribution in [0.25, 0.3) is 16.7 Å². The van der Waals surface area contributed by atoms with E-state index in [-0.39, 0.29) is 5.56 Å². The zero-order valence-electron chi connectivity index (χ0n) is 15.2. The van der Waals surface area contributed by atoms with Gasteiger partial charge in [-0.3, -0.25) is 4.79 Å². The fourth-order valence-electron chi connectivity index (χ4n) is 2.84. The largest absolute Gasteiger partial charge is 0.268 e. The molecule has 0 spiro atoms. The lowest BCUT2D eigenvalue weighted by Crippen LogP contribution is -2.22. The molecule has 0 N–H and O–H groups in total. The Hall–Kier alpha value is -2.92. The van der Waals surface area contributed by atoms with Gasteiger partial charge in [-0.15, -0.1) is 0 Å². The molecule has 134 valence electrons. The molecule has 4 aromatic rings. The Bertz CT molecular complexity index is 1150. The number of thioether (sulfide) groups is 1. The van der Waals surface area contributed by atoms with Crippen molar-refractivity contribution in [2.24, 2.45) is 0 Å². The number of aromatic nitrogens is 3. The number of pyridine rings is 1. The van der Waals surface area contributed by atoms with Crippen LogP contribution in [0, 0.1) is 13.8 Å². The Morgan fingerprint density at radius 2 is 1.67 bits per heavy atom. The standard InChI is InChI=1S/C22H19N3OS/c1-15-7-10-17(11-8-15)14-27-22-24-19-6-4-3-5-18(19)21(26)25(22)20-12-9-16(2)13-23-20/h3-13H,14H2,1-2H3. The topological polar surface area (TPSA) is 47.8 Å². The smallest absolute Gasteiger partial charge is 0.267 e. The maximum Gasteiger partial charge on any atom is 0.267 e. The van der Waals surface area contributed by atoms with Crippen molar-refractivity contribution >= 4 is 22.7 Å². The van der Waals surface area contributed by atoms with E-state index in [0.29, 0.717) is 21.9 Å². The zero-order chi connectivity index (χ0) is 18.8. The molecule has 0 aliphatic carbocycles. The monoisotopic (exact) mass is 373 g/mol. The van der Waals surface area contributed by atoms with Gasteiger partial charge >= 0.3 is 0 Å².